The molecule has 3 nitrogen and oxygen atoms in total. The Morgan fingerprint density at radius 3 is 2.71 bits per heavy atom. The lowest BCUT2D eigenvalue weighted by Crippen LogP contribution is -2.14. The molecule has 0 aliphatic rings. The summed E-state index contributed by atoms with van der Waals surface area (Å²) in [5, 5.41) is 12.7. The van der Waals surface area contributed by atoms with Crippen LogP contribution < -0.4 is 10.1 Å². The van der Waals surface area contributed by atoms with Crippen LogP contribution in [0.2, 0.25) is 0 Å². The molecule has 2 N–H and O–H groups in total. The van der Waals surface area contributed by atoms with Crippen LogP contribution in [0.15, 0.2) is 36.4 Å². The minimum atomic E-state index is -0.903. The Kier molecular flexibility index (Phi) is 4.75. The van der Waals surface area contributed by atoms with Crippen molar-refractivity contribution in [3.05, 3.63) is 59.2 Å². The summed E-state index contributed by atoms with van der Waals surface area (Å²) in [5.41, 5.74) is 0.724. The van der Waals surface area contributed by atoms with Gasteiger partial charge in [0.2, 0.25) is 0 Å². The highest BCUT2D eigenvalue weighted by atomic mass is 19.1. The van der Waals surface area contributed by atoms with Gasteiger partial charge < -0.3 is 15.2 Å². The molecule has 2 aromatic rings. The molecule has 0 bridgehead atoms. The molecule has 2 rings (SSSR count). The lowest BCUT2D eigenvalue weighted by molar-refractivity contribution is 0.191. The predicted molar refractivity (Wildman–Crippen MR) is 77.5 cm³/mol. The topological polar surface area (TPSA) is 41.5 Å². The molecule has 0 aliphatic heterocycles. The molecule has 0 fully saturated rings. The van der Waals surface area contributed by atoms with Crippen molar-refractivity contribution in [3.63, 3.8) is 0 Å². The molecule has 5 heteroatoms. The van der Waals surface area contributed by atoms with Gasteiger partial charge in [-0.15, -0.1) is 0 Å². The van der Waals surface area contributed by atoms with E-state index in [0.29, 0.717) is 16.9 Å². The Bertz CT molecular complexity index is 632. The summed E-state index contributed by atoms with van der Waals surface area (Å²) in [7, 11) is 1.53. The summed E-state index contributed by atoms with van der Waals surface area (Å²) < 4.78 is 32.5. The van der Waals surface area contributed by atoms with Crippen molar-refractivity contribution in [1.82, 2.24) is 0 Å². The fraction of sp³-hybridized carbons (Fsp3) is 0.250. The van der Waals surface area contributed by atoms with Crippen molar-refractivity contribution in [2.75, 3.05) is 19.0 Å². The Hall–Kier alpha value is -2.14. The maximum atomic E-state index is 13.8. The number of aliphatic hydroxyl groups excluding tert-OH is 1. The zero-order valence-electron chi connectivity index (χ0n) is 11.9. The summed E-state index contributed by atoms with van der Waals surface area (Å²) in [4.78, 5) is 0. The number of rotatable bonds is 5. The average Bonchev–Trinajstić information content (AvgIpc) is 2.51. The van der Waals surface area contributed by atoms with Crippen LogP contribution in [0.4, 0.5) is 14.5 Å². The van der Waals surface area contributed by atoms with Crippen molar-refractivity contribution in [3.8, 4) is 5.75 Å². The molecule has 0 aliphatic carbocycles. The minimum absolute atomic E-state index is 0.00946. The first kappa shape index (κ1) is 15.3. The van der Waals surface area contributed by atoms with Crippen LogP contribution in [0.1, 0.15) is 17.2 Å². The van der Waals surface area contributed by atoms with Gasteiger partial charge in [0.15, 0.2) is 5.82 Å². The van der Waals surface area contributed by atoms with Gasteiger partial charge in [0, 0.05) is 6.54 Å². The number of methoxy groups -OCH3 is 1. The van der Waals surface area contributed by atoms with Crippen LogP contribution in [0.5, 0.6) is 5.75 Å². The third-order valence-electron chi connectivity index (χ3n) is 3.23. The van der Waals surface area contributed by atoms with E-state index in [1.165, 1.54) is 19.2 Å². The minimum Gasteiger partial charge on any atom is -0.497 e. The van der Waals surface area contributed by atoms with E-state index in [0.717, 1.165) is 0 Å². The van der Waals surface area contributed by atoms with E-state index in [-0.39, 0.29) is 12.2 Å². The lowest BCUT2D eigenvalue weighted by atomic mass is 10.1. The number of hydrogen-bond donors (Lipinski definition) is 2. The third-order valence-corrected chi connectivity index (χ3v) is 3.23. The van der Waals surface area contributed by atoms with E-state index in [1.54, 1.807) is 31.2 Å². The van der Waals surface area contributed by atoms with E-state index in [9.17, 15) is 13.9 Å². The number of aryl methyl sites for hydroxylation is 1. The number of ether oxygens (including phenoxy) is 1. The van der Waals surface area contributed by atoms with Gasteiger partial charge in [0.1, 0.15) is 17.3 Å². The predicted octanol–water partition coefficient (Wildman–Crippen LogP) is 3.43. The number of nitrogens with one attached hydrogen (secondary N) is 1. The van der Waals surface area contributed by atoms with Crippen molar-refractivity contribution in [2.24, 2.45) is 0 Å². The van der Waals surface area contributed by atoms with Gasteiger partial charge in [0.25, 0.3) is 0 Å². The molecular formula is C16H17F2NO2. The molecule has 0 saturated heterocycles. The van der Waals surface area contributed by atoms with Gasteiger partial charge >= 0.3 is 0 Å². The average molecular weight is 293 g/mol. The van der Waals surface area contributed by atoms with Gasteiger partial charge in [-0.1, -0.05) is 18.2 Å². The monoisotopic (exact) mass is 293 g/mol. The molecule has 21 heavy (non-hydrogen) atoms. The molecule has 0 aromatic heterocycles. The smallest absolute Gasteiger partial charge is 0.152 e. The second kappa shape index (κ2) is 6.54. The van der Waals surface area contributed by atoms with Gasteiger partial charge in [-0.05, 0) is 36.2 Å². The Morgan fingerprint density at radius 1 is 1.24 bits per heavy atom. The van der Waals surface area contributed by atoms with Crippen molar-refractivity contribution in [1.29, 1.82) is 0 Å². The second-order valence-corrected chi connectivity index (χ2v) is 4.73. The van der Waals surface area contributed by atoms with E-state index in [4.69, 9.17) is 4.74 Å². The van der Waals surface area contributed by atoms with Crippen molar-refractivity contribution < 1.29 is 18.6 Å². The van der Waals surface area contributed by atoms with E-state index in [2.05, 4.69) is 5.32 Å². The molecular weight excluding hydrogens is 276 g/mol. The van der Waals surface area contributed by atoms with Crippen molar-refractivity contribution >= 4 is 5.69 Å². The Labute approximate surface area is 122 Å². The highest BCUT2D eigenvalue weighted by Crippen LogP contribution is 2.24. The molecule has 1 unspecified atom stereocenters. The van der Waals surface area contributed by atoms with E-state index < -0.39 is 17.7 Å². The van der Waals surface area contributed by atoms with E-state index in [1.807, 2.05) is 0 Å². The maximum Gasteiger partial charge on any atom is 0.152 e. The molecule has 0 radical (unpaired) electrons. The van der Waals surface area contributed by atoms with Crippen LogP contribution in [0.25, 0.3) is 0 Å². The summed E-state index contributed by atoms with van der Waals surface area (Å²) in [5.74, 6) is -0.719. The summed E-state index contributed by atoms with van der Waals surface area (Å²) in [6.07, 6.45) is -0.903. The number of aliphatic hydroxyl groups is 1. The highest BCUT2D eigenvalue weighted by Gasteiger charge is 2.14. The first-order valence-electron chi connectivity index (χ1n) is 6.53. The molecule has 112 valence electrons. The highest BCUT2D eigenvalue weighted by molar-refractivity contribution is 5.49. The molecule has 0 saturated carbocycles. The number of anilines is 1. The fourth-order valence-corrected chi connectivity index (χ4v) is 1.98. The zero-order chi connectivity index (χ0) is 15.4. The fourth-order valence-electron chi connectivity index (χ4n) is 1.98. The van der Waals surface area contributed by atoms with Crippen LogP contribution in [-0.2, 0) is 0 Å². The zero-order valence-corrected chi connectivity index (χ0v) is 11.9. The molecule has 0 amide bonds. The molecule has 2 aromatic carbocycles. The standard InChI is InChI=1S/C16H17F2NO2/c1-10-6-7-13(17)16(15(10)18)19-9-14(20)11-4-3-5-12(8-11)21-2/h3-8,14,19-20H,9H2,1-2H3. The number of halogens is 2. The lowest BCUT2D eigenvalue weighted by Gasteiger charge is -2.15. The van der Waals surface area contributed by atoms with Gasteiger partial charge in [-0.2, -0.15) is 0 Å². The summed E-state index contributed by atoms with van der Waals surface area (Å²) in [6, 6.07) is 9.45. The van der Waals surface area contributed by atoms with Crippen LogP contribution >= 0.6 is 0 Å². The largest absolute Gasteiger partial charge is 0.497 e. The van der Waals surface area contributed by atoms with Crippen LogP contribution in [0, 0.1) is 18.6 Å². The number of benzene rings is 2. The van der Waals surface area contributed by atoms with Gasteiger partial charge in [-0.3, -0.25) is 0 Å². The van der Waals surface area contributed by atoms with Crippen LogP contribution in [0.3, 0.4) is 0 Å². The normalized spacial score (nSPS) is 12.0. The SMILES string of the molecule is COc1cccc(C(O)CNc2c(F)ccc(C)c2F)c1. The quantitative estimate of drug-likeness (QED) is 0.887. The molecule has 0 spiro atoms. The Balaban J connectivity index is 2.11. The van der Waals surface area contributed by atoms with Crippen LogP contribution in [-0.4, -0.2) is 18.8 Å². The van der Waals surface area contributed by atoms with Gasteiger partial charge in [-0.25, -0.2) is 8.78 Å². The Morgan fingerprint density at radius 2 is 2.00 bits per heavy atom. The van der Waals surface area contributed by atoms with Crippen molar-refractivity contribution in [2.45, 2.75) is 13.0 Å². The third kappa shape index (κ3) is 3.49. The summed E-state index contributed by atoms with van der Waals surface area (Å²) >= 11 is 0. The maximum absolute atomic E-state index is 13.8. The second-order valence-electron chi connectivity index (χ2n) is 4.73. The number of hydrogen-bond acceptors (Lipinski definition) is 3. The first-order valence-corrected chi connectivity index (χ1v) is 6.53. The van der Waals surface area contributed by atoms with Gasteiger partial charge in [0.05, 0.1) is 13.2 Å². The first-order chi connectivity index (χ1) is 10.0. The molecule has 0 heterocycles. The molecule has 1 atom stereocenters. The van der Waals surface area contributed by atoms with E-state index >= 15 is 0 Å². The summed E-state index contributed by atoms with van der Waals surface area (Å²) in [6.45, 7) is 1.54.